The highest BCUT2D eigenvalue weighted by Gasteiger charge is 2.22. The van der Waals surface area contributed by atoms with Crippen LogP contribution in [-0.2, 0) is 0 Å². The van der Waals surface area contributed by atoms with E-state index in [9.17, 15) is 0 Å². The number of rotatable bonds is 12. The largest absolute Gasteiger partial charge is 0.388 e. The molecule has 0 radical (unpaired) electrons. The lowest BCUT2D eigenvalue weighted by atomic mass is 10.1. The molecule has 1 heterocycles. The maximum absolute atomic E-state index is 4.19. The van der Waals surface area contributed by atoms with Crippen LogP contribution in [0.2, 0.25) is 0 Å². The van der Waals surface area contributed by atoms with Crippen LogP contribution >= 0.6 is 0 Å². The van der Waals surface area contributed by atoms with Crippen LogP contribution in [0.1, 0.15) is 38.5 Å². The van der Waals surface area contributed by atoms with Gasteiger partial charge in [-0.05, 0) is 52.7 Å². The van der Waals surface area contributed by atoms with Crippen molar-refractivity contribution in [2.75, 3.05) is 40.3 Å². The zero-order chi connectivity index (χ0) is 15.5. The highest BCUT2D eigenvalue weighted by molar-refractivity contribution is 5.05. The SMILES string of the molecule is C=C(CCCCCNC(=C)C1CCCN1C)NCCNC. The van der Waals surface area contributed by atoms with Crippen LogP contribution in [0.15, 0.2) is 24.6 Å². The molecule has 4 nitrogen and oxygen atoms in total. The van der Waals surface area contributed by atoms with Crippen molar-refractivity contribution in [1.82, 2.24) is 20.9 Å². The van der Waals surface area contributed by atoms with Gasteiger partial charge < -0.3 is 16.0 Å². The Kier molecular flexibility index (Phi) is 9.19. The molecule has 0 saturated carbocycles. The molecule has 0 spiro atoms. The lowest BCUT2D eigenvalue weighted by molar-refractivity contribution is 0.334. The van der Waals surface area contributed by atoms with Crippen molar-refractivity contribution in [1.29, 1.82) is 0 Å². The Hall–Kier alpha value is -1.00. The summed E-state index contributed by atoms with van der Waals surface area (Å²) in [4.78, 5) is 2.40. The van der Waals surface area contributed by atoms with E-state index in [2.05, 4.69) is 41.1 Å². The molecule has 4 heteroatoms. The van der Waals surface area contributed by atoms with E-state index in [1.165, 1.54) is 44.3 Å². The molecule has 0 amide bonds. The number of hydrogen-bond donors (Lipinski definition) is 3. The van der Waals surface area contributed by atoms with Gasteiger partial charge in [0, 0.05) is 37.1 Å². The van der Waals surface area contributed by atoms with Gasteiger partial charge in [0.05, 0.1) is 0 Å². The molecule has 0 aromatic rings. The average molecular weight is 294 g/mol. The second-order valence-corrected chi connectivity index (χ2v) is 6.04. The van der Waals surface area contributed by atoms with Gasteiger partial charge in [0.1, 0.15) is 0 Å². The predicted molar refractivity (Wildman–Crippen MR) is 92.3 cm³/mol. The molecule has 3 N–H and O–H groups in total. The number of likely N-dealkylation sites (tertiary alicyclic amines) is 1. The minimum atomic E-state index is 0.543. The van der Waals surface area contributed by atoms with Crippen LogP contribution in [0.25, 0.3) is 0 Å². The Morgan fingerprint density at radius 2 is 1.90 bits per heavy atom. The topological polar surface area (TPSA) is 39.3 Å². The van der Waals surface area contributed by atoms with Crippen LogP contribution in [0, 0.1) is 0 Å². The summed E-state index contributed by atoms with van der Waals surface area (Å²) < 4.78 is 0. The number of likely N-dealkylation sites (N-methyl/N-ethyl adjacent to an activating group) is 2. The molecule has 1 fully saturated rings. The lowest BCUT2D eigenvalue weighted by Crippen LogP contribution is -2.33. The van der Waals surface area contributed by atoms with Gasteiger partial charge in [-0.15, -0.1) is 0 Å². The smallest absolute Gasteiger partial charge is 0.0486 e. The molecule has 122 valence electrons. The summed E-state index contributed by atoms with van der Waals surface area (Å²) in [5.41, 5.74) is 2.36. The van der Waals surface area contributed by atoms with Crippen molar-refractivity contribution in [2.24, 2.45) is 0 Å². The number of nitrogens with one attached hydrogen (secondary N) is 3. The molecule has 1 atom stereocenters. The van der Waals surface area contributed by atoms with Gasteiger partial charge in [0.15, 0.2) is 0 Å². The molecule has 0 bridgehead atoms. The van der Waals surface area contributed by atoms with Gasteiger partial charge in [0.2, 0.25) is 0 Å². The fourth-order valence-electron chi connectivity index (χ4n) is 2.81. The summed E-state index contributed by atoms with van der Waals surface area (Å²) in [5, 5.41) is 9.97. The first-order valence-electron chi connectivity index (χ1n) is 8.34. The van der Waals surface area contributed by atoms with E-state index in [1.807, 2.05) is 7.05 Å². The van der Waals surface area contributed by atoms with Crippen LogP contribution < -0.4 is 16.0 Å². The predicted octanol–water partition coefficient (Wildman–Crippen LogP) is 2.07. The quantitative estimate of drug-likeness (QED) is 0.482. The third kappa shape index (κ3) is 7.53. The second kappa shape index (κ2) is 10.7. The lowest BCUT2D eigenvalue weighted by Gasteiger charge is -2.22. The molecule has 1 aliphatic heterocycles. The number of hydrogen-bond acceptors (Lipinski definition) is 4. The Labute approximate surface area is 131 Å². The minimum Gasteiger partial charge on any atom is -0.388 e. The maximum Gasteiger partial charge on any atom is 0.0486 e. The first-order valence-corrected chi connectivity index (χ1v) is 8.34. The van der Waals surface area contributed by atoms with E-state index in [0.717, 1.165) is 31.8 Å². The maximum atomic E-state index is 4.19. The van der Waals surface area contributed by atoms with E-state index in [-0.39, 0.29) is 0 Å². The van der Waals surface area contributed by atoms with E-state index >= 15 is 0 Å². The Balaban J connectivity index is 1.94. The third-order valence-corrected chi connectivity index (χ3v) is 4.18. The van der Waals surface area contributed by atoms with E-state index in [0.29, 0.717) is 6.04 Å². The van der Waals surface area contributed by atoms with Crippen LogP contribution in [0.5, 0.6) is 0 Å². The monoisotopic (exact) mass is 294 g/mol. The molecule has 1 unspecified atom stereocenters. The molecule has 0 aliphatic carbocycles. The molecule has 0 aromatic carbocycles. The highest BCUT2D eigenvalue weighted by atomic mass is 15.2. The first kappa shape index (κ1) is 18.1. The molecule has 0 aromatic heterocycles. The summed E-state index contributed by atoms with van der Waals surface area (Å²) in [7, 11) is 4.16. The van der Waals surface area contributed by atoms with Crippen molar-refractivity contribution in [2.45, 2.75) is 44.6 Å². The van der Waals surface area contributed by atoms with Gasteiger partial charge in [-0.3, -0.25) is 4.90 Å². The highest BCUT2D eigenvalue weighted by Crippen LogP contribution is 2.19. The summed E-state index contributed by atoms with van der Waals surface area (Å²) in [5.74, 6) is 0. The molecular formula is C17H34N4. The number of nitrogens with zero attached hydrogens (tertiary/aromatic N) is 1. The van der Waals surface area contributed by atoms with Crippen molar-refractivity contribution < 1.29 is 0 Å². The fraction of sp³-hybridized carbons (Fsp3) is 0.765. The normalized spacial score (nSPS) is 18.7. The Morgan fingerprint density at radius 3 is 2.57 bits per heavy atom. The third-order valence-electron chi connectivity index (χ3n) is 4.18. The summed E-state index contributed by atoms with van der Waals surface area (Å²) in [6, 6.07) is 0.543. The molecular weight excluding hydrogens is 260 g/mol. The van der Waals surface area contributed by atoms with Gasteiger partial charge >= 0.3 is 0 Å². The zero-order valence-corrected chi connectivity index (χ0v) is 14.0. The van der Waals surface area contributed by atoms with Gasteiger partial charge in [-0.25, -0.2) is 0 Å². The van der Waals surface area contributed by atoms with Crippen molar-refractivity contribution in [3.05, 3.63) is 24.6 Å². The first-order chi connectivity index (χ1) is 10.1. The zero-order valence-electron chi connectivity index (χ0n) is 14.0. The van der Waals surface area contributed by atoms with E-state index in [4.69, 9.17) is 0 Å². The molecule has 1 saturated heterocycles. The average Bonchev–Trinajstić information content (AvgIpc) is 2.89. The molecule has 1 rings (SSSR count). The second-order valence-electron chi connectivity index (χ2n) is 6.04. The van der Waals surface area contributed by atoms with E-state index < -0.39 is 0 Å². The van der Waals surface area contributed by atoms with Gasteiger partial charge in [0.25, 0.3) is 0 Å². The van der Waals surface area contributed by atoms with Crippen molar-refractivity contribution >= 4 is 0 Å². The Bertz CT molecular complexity index is 314. The van der Waals surface area contributed by atoms with Crippen LogP contribution in [0.4, 0.5) is 0 Å². The molecule has 21 heavy (non-hydrogen) atoms. The van der Waals surface area contributed by atoms with Gasteiger partial charge in [-0.1, -0.05) is 19.6 Å². The van der Waals surface area contributed by atoms with Crippen molar-refractivity contribution in [3.8, 4) is 0 Å². The van der Waals surface area contributed by atoms with Crippen LogP contribution in [0.3, 0.4) is 0 Å². The standard InChI is InChI=1S/C17H34N4/c1-15(19-13-12-18-3)9-6-5-7-11-20-16(2)17-10-8-14-21(17)4/h17-20H,1-2,5-14H2,3-4H3. The number of allylic oxidation sites excluding steroid dienone is 1. The summed E-state index contributed by atoms with van der Waals surface area (Å²) >= 11 is 0. The summed E-state index contributed by atoms with van der Waals surface area (Å²) in [6.07, 6.45) is 7.29. The van der Waals surface area contributed by atoms with Crippen LogP contribution in [-0.4, -0.2) is 51.2 Å². The van der Waals surface area contributed by atoms with E-state index in [1.54, 1.807) is 0 Å². The number of unbranched alkanes of at least 4 members (excludes halogenated alkanes) is 2. The minimum absolute atomic E-state index is 0.543. The molecule has 1 aliphatic rings. The fourth-order valence-corrected chi connectivity index (χ4v) is 2.81. The Morgan fingerprint density at radius 1 is 1.10 bits per heavy atom. The van der Waals surface area contributed by atoms with Gasteiger partial charge in [-0.2, -0.15) is 0 Å². The van der Waals surface area contributed by atoms with Crippen molar-refractivity contribution in [3.63, 3.8) is 0 Å². The summed E-state index contributed by atoms with van der Waals surface area (Å²) in [6.45, 7) is 12.4.